The van der Waals surface area contributed by atoms with Gasteiger partial charge >= 0.3 is 5.97 Å². The number of benzene rings is 1. The van der Waals surface area contributed by atoms with Crippen molar-refractivity contribution in [1.82, 2.24) is 0 Å². The van der Waals surface area contributed by atoms with E-state index in [0.717, 1.165) is 0 Å². The Hall–Kier alpha value is -2.23. The van der Waals surface area contributed by atoms with Crippen LogP contribution in [-0.4, -0.2) is 20.2 Å². The van der Waals surface area contributed by atoms with Gasteiger partial charge in [0.1, 0.15) is 11.5 Å². The van der Waals surface area contributed by atoms with Crippen LogP contribution in [0.5, 0.6) is 5.75 Å². The summed E-state index contributed by atoms with van der Waals surface area (Å²) in [5, 5.41) is 0. The molecule has 4 heteroatoms. The second-order valence-corrected chi connectivity index (χ2v) is 3.38. The molecule has 0 aliphatic rings. The maximum atomic E-state index is 11.7. The molecule has 0 saturated heterocycles. The molecule has 0 atom stereocenters. The quantitative estimate of drug-likeness (QED) is 0.763. The highest BCUT2D eigenvalue weighted by atomic mass is 16.5. The van der Waals surface area contributed by atoms with Crippen molar-refractivity contribution in [2.75, 3.05) is 14.2 Å². The number of hydrogen-bond acceptors (Lipinski definition) is 4. The summed E-state index contributed by atoms with van der Waals surface area (Å²) in [7, 11) is 2.89. The fraction of sp³-hybridized carbons (Fsp3) is 0.154. The number of hydrogen-bond donors (Lipinski definition) is 0. The largest absolute Gasteiger partial charge is 0.497 e. The van der Waals surface area contributed by atoms with Crippen molar-refractivity contribution in [3.05, 3.63) is 42.2 Å². The Bertz CT molecular complexity index is 514. The van der Waals surface area contributed by atoms with Crippen LogP contribution in [0.15, 0.2) is 41.0 Å². The highest BCUT2D eigenvalue weighted by Crippen LogP contribution is 2.28. The second kappa shape index (κ2) is 4.74. The molecule has 0 aliphatic heterocycles. The van der Waals surface area contributed by atoms with Crippen LogP contribution in [0.3, 0.4) is 0 Å². The molecule has 0 saturated carbocycles. The summed E-state index contributed by atoms with van der Waals surface area (Å²) in [6.45, 7) is 0. The van der Waals surface area contributed by atoms with E-state index >= 15 is 0 Å². The Kier molecular flexibility index (Phi) is 3.14. The molecule has 4 nitrogen and oxygen atoms in total. The molecular formula is C13H12O4. The van der Waals surface area contributed by atoms with E-state index in [1.807, 2.05) is 0 Å². The first-order valence-corrected chi connectivity index (χ1v) is 5.06. The summed E-state index contributed by atoms with van der Waals surface area (Å²) in [6.07, 6.45) is 1.56. The predicted molar refractivity (Wildman–Crippen MR) is 62.0 cm³/mol. The lowest BCUT2D eigenvalue weighted by Crippen LogP contribution is -2.03. The zero-order valence-corrected chi connectivity index (χ0v) is 9.60. The van der Waals surface area contributed by atoms with Gasteiger partial charge < -0.3 is 13.9 Å². The molecule has 0 fully saturated rings. The molecule has 1 aromatic heterocycles. The zero-order valence-electron chi connectivity index (χ0n) is 9.60. The SMILES string of the molecule is COC(=O)c1cc(OC)ccc1-c1ccco1. The van der Waals surface area contributed by atoms with Gasteiger partial charge in [-0.3, -0.25) is 0 Å². The Morgan fingerprint density at radius 2 is 2.06 bits per heavy atom. The van der Waals surface area contributed by atoms with Crippen molar-refractivity contribution in [2.45, 2.75) is 0 Å². The Balaban J connectivity index is 2.55. The molecule has 0 amide bonds. The van der Waals surface area contributed by atoms with Crippen molar-refractivity contribution < 1.29 is 18.7 Å². The lowest BCUT2D eigenvalue weighted by molar-refractivity contribution is 0.0601. The lowest BCUT2D eigenvalue weighted by Gasteiger charge is -2.07. The molecule has 0 radical (unpaired) electrons. The summed E-state index contributed by atoms with van der Waals surface area (Å²) < 4.78 is 15.1. The predicted octanol–water partition coefficient (Wildman–Crippen LogP) is 2.74. The van der Waals surface area contributed by atoms with E-state index in [4.69, 9.17) is 13.9 Å². The summed E-state index contributed by atoms with van der Waals surface area (Å²) >= 11 is 0. The lowest BCUT2D eigenvalue weighted by atomic mass is 10.0. The summed E-state index contributed by atoms with van der Waals surface area (Å²) in [4.78, 5) is 11.7. The van der Waals surface area contributed by atoms with E-state index in [9.17, 15) is 4.79 Å². The first kappa shape index (κ1) is 11.3. The maximum Gasteiger partial charge on any atom is 0.338 e. The van der Waals surface area contributed by atoms with Gasteiger partial charge in [-0.25, -0.2) is 4.79 Å². The third-order valence-electron chi connectivity index (χ3n) is 2.42. The molecule has 88 valence electrons. The molecule has 1 heterocycles. The van der Waals surface area contributed by atoms with Gasteiger partial charge in [0.2, 0.25) is 0 Å². The van der Waals surface area contributed by atoms with Gasteiger partial charge in [0.25, 0.3) is 0 Å². The third kappa shape index (κ3) is 2.15. The number of methoxy groups -OCH3 is 2. The number of carbonyl (C=O) groups is 1. The first-order valence-electron chi connectivity index (χ1n) is 5.06. The molecule has 0 aliphatic carbocycles. The summed E-state index contributed by atoms with van der Waals surface area (Å²) in [5.74, 6) is 0.795. The van der Waals surface area contributed by atoms with Crippen molar-refractivity contribution >= 4 is 5.97 Å². The van der Waals surface area contributed by atoms with E-state index in [1.54, 1.807) is 43.7 Å². The van der Waals surface area contributed by atoms with Gasteiger partial charge in [0.15, 0.2) is 0 Å². The van der Waals surface area contributed by atoms with Gasteiger partial charge in [-0.2, -0.15) is 0 Å². The monoisotopic (exact) mass is 232 g/mol. The van der Waals surface area contributed by atoms with E-state index < -0.39 is 5.97 Å². The van der Waals surface area contributed by atoms with Gasteiger partial charge in [-0.05, 0) is 30.3 Å². The van der Waals surface area contributed by atoms with Crippen molar-refractivity contribution in [2.24, 2.45) is 0 Å². The van der Waals surface area contributed by atoms with E-state index in [0.29, 0.717) is 22.6 Å². The second-order valence-electron chi connectivity index (χ2n) is 3.38. The minimum Gasteiger partial charge on any atom is -0.497 e. The van der Waals surface area contributed by atoms with Gasteiger partial charge in [-0.15, -0.1) is 0 Å². The Morgan fingerprint density at radius 3 is 2.65 bits per heavy atom. The number of furan rings is 1. The molecular weight excluding hydrogens is 220 g/mol. The zero-order chi connectivity index (χ0) is 12.3. The van der Waals surface area contributed by atoms with Gasteiger partial charge in [0.05, 0.1) is 26.0 Å². The summed E-state index contributed by atoms with van der Waals surface area (Å²) in [5.41, 5.74) is 1.10. The number of rotatable bonds is 3. The normalized spacial score (nSPS) is 10.0. The van der Waals surface area contributed by atoms with Gasteiger partial charge in [-0.1, -0.05) is 0 Å². The minimum absolute atomic E-state index is 0.418. The summed E-state index contributed by atoms with van der Waals surface area (Å²) in [6, 6.07) is 8.72. The maximum absolute atomic E-state index is 11.7. The van der Waals surface area contributed by atoms with Crippen LogP contribution < -0.4 is 4.74 Å². The molecule has 2 aromatic rings. The minimum atomic E-state index is -0.421. The smallest absolute Gasteiger partial charge is 0.338 e. The highest BCUT2D eigenvalue weighted by molar-refractivity contribution is 5.97. The van der Waals surface area contributed by atoms with Crippen molar-refractivity contribution in [3.8, 4) is 17.1 Å². The molecule has 0 spiro atoms. The molecule has 17 heavy (non-hydrogen) atoms. The average molecular weight is 232 g/mol. The molecule has 0 unspecified atom stereocenters. The topological polar surface area (TPSA) is 48.7 Å². The molecule has 2 rings (SSSR count). The standard InChI is InChI=1S/C13H12O4/c1-15-9-5-6-10(12-4-3-7-17-12)11(8-9)13(14)16-2/h3-8H,1-2H3. The Labute approximate surface area is 98.8 Å². The van der Waals surface area contributed by atoms with E-state index in [-0.39, 0.29) is 0 Å². The highest BCUT2D eigenvalue weighted by Gasteiger charge is 2.16. The van der Waals surface area contributed by atoms with Crippen LogP contribution in [0.1, 0.15) is 10.4 Å². The van der Waals surface area contributed by atoms with Crippen LogP contribution in [0.25, 0.3) is 11.3 Å². The van der Waals surface area contributed by atoms with Crippen molar-refractivity contribution in [1.29, 1.82) is 0 Å². The van der Waals surface area contributed by atoms with Crippen LogP contribution in [-0.2, 0) is 4.74 Å². The van der Waals surface area contributed by atoms with Crippen molar-refractivity contribution in [3.63, 3.8) is 0 Å². The van der Waals surface area contributed by atoms with Crippen LogP contribution in [0, 0.1) is 0 Å². The van der Waals surface area contributed by atoms with Crippen LogP contribution in [0.4, 0.5) is 0 Å². The fourth-order valence-electron chi connectivity index (χ4n) is 1.58. The third-order valence-corrected chi connectivity index (χ3v) is 2.42. The molecule has 0 bridgehead atoms. The van der Waals surface area contributed by atoms with E-state index in [2.05, 4.69) is 0 Å². The van der Waals surface area contributed by atoms with Gasteiger partial charge in [0, 0.05) is 5.56 Å². The number of ether oxygens (including phenoxy) is 2. The first-order chi connectivity index (χ1) is 8.26. The fourth-order valence-corrected chi connectivity index (χ4v) is 1.58. The number of esters is 1. The Morgan fingerprint density at radius 1 is 1.24 bits per heavy atom. The molecule has 1 aromatic carbocycles. The average Bonchev–Trinajstić information content (AvgIpc) is 2.90. The van der Waals surface area contributed by atoms with E-state index in [1.165, 1.54) is 7.11 Å². The van der Waals surface area contributed by atoms with Crippen LogP contribution in [0.2, 0.25) is 0 Å². The number of carbonyl (C=O) groups excluding carboxylic acids is 1. The molecule has 0 N–H and O–H groups in total. The van der Waals surface area contributed by atoms with Crippen LogP contribution >= 0.6 is 0 Å².